The van der Waals surface area contributed by atoms with Gasteiger partial charge in [0.1, 0.15) is 11.6 Å². The summed E-state index contributed by atoms with van der Waals surface area (Å²) in [5.74, 6) is 0.610. The number of hydrogen-bond acceptors (Lipinski definition) is 2. The molecule has 0 saturated carbocycles. The summed E-state index contributed by atoms with van der Waals surface area (Å²) in [6.45, 7) is 2.50. The number of halogens is 2. The van der Waals surface area contributed by atoms with Crippen LogP contribution in [0.4, 0.5) is 10.1 Å². The molecule has 2 nitrogen and oxygen atoms in total. The second-order valence-electron chi connectivity index (χ2n) is 4.27. The van der Waals surface area contributed by atoms with Crippen LogP contribution in [-0.4, -0.2) is 7.11 Å². The fourth-order valence-corrected chi connectivity index (χ4v) is 2.31. The van der Waals surface area contributed by atoms with Gasteiger partial charge in [-0.15, -0.1) is 0 Å². The van der Waals surface area contributed by atoms with Gasteiger partial charge in [-0.3, -0.25) is 0 Å². The average Bonchev–Trinajstić information content (AvgIpc) is 2.38. The lowest BCUT2D eigenvalue weighted by Gasteiger charge is -2.12. The van der Waals surface area contributed by atoms with E-state index in [0.29, 0.717) is 6.54 Å². The summed E-state index contributed by atoms with van der Waals surface area (Å²) in [4.78, 5) is 0. The molecule has 2 aromatic rings. The molecule has 2 rings (SSSR count). The van der Waals surface area contributed by atoms with Gasteiger partial charge in [-0.1, -0.05) is 15.9 Å². The number of benzene rings is 2. The third-order valence-corrected chi connectivity index (χ3v) is 3.39. The summed E-state index contributed by atoms with van der Waals surface area (Å²) in [6, 6.07) is 10.6. The Morgan fingerprint density at radius 2 is 2.00 bits per heavy atom. The molecule has 0 fully saturated rings. The largest absolute Gasteiger partial charge is 0.496 e. The van der Waals surface area contributed by atoms with E-state index in [2.05, 4.69) is 21.2 Å². The van der Waals surface area contributed by atoms with Gasteiger partial charge in [0, 0.05) is 22.3 Å². The van der Waals surface area contributed by atoms with Crippen LogP contribution in [0.3, 0.4) is 0 Å². The van der Waals surface area contributed by atoms with Gasteiger partial charge in [0.2, 0.25) is 0 Å². The maximum Gasteiger partial charge on any atom is 0.123 e. The molecule has 100 valence electrons. The zero-order chi connectivity index (χ0) is 13.8. The predicted molar refractivity (Wildman–Crippen MR) is 79.2 cm³/mol. The number of ether oxygens (including phenoxy) is 1. The highest BCUT2D eigenvalue weighted by molar-refractivity contribution is 9.10. The molecule has 0 aliphatic carbocycles. The minimum absolute atomic E-state index is 0.219. The highest BCUT2D eigenvalue weighted by atomic mass is 79.9. The van der Waals surface area contributed by atoms with Gasteiger partial charge in [-0.05, 0) is 48.9 Å². The molecule has 0 aromatic heterocycles. The second kappa shape index (κ2) is 6.06. The van der Waals surface area contributed by atoms with E-state index in [0.717, 1.165) is 27.0 Å². The standard InChI is InChI=1S/C15H15BrFNO/c1-10-7-13(17)4-5-14(10)18-9-11-8-12(16)3-6-15(11)19-2/h3-8,18H,9H2,1-2H3. The Bertz CT molecular complexity index is 586. The molecular formula is C15H15BrFNO. The Balaban J connectivity index is 2.16. The van der Waals surface area contributed by atoms with E-state index >= 15 is 0 Å². The smallest absolute Gasteiger partial charge is 0.123 e. The molecule has 1 N–H and O–H groups in total. The molecule has 0 amide bonds. The number of aryl methyl sites for hydroxylation is 1. The van der Waals surface area contributed by atoms with Crippen LogP contribution in [-0.2, 0) is 6.54 Å². The zero-order valence-electron chi connectivity index (χ0n) is 10.8. The van der Waals surface area contributed by atoms with Crippen molar-refractivity contribution in [2.75, 3.05) is 12.4 Å². The maximum atomic E-state index is 13.0. The molecule has 0 aliphatic rings. The molecular weight excluding hydrogens is 309 g/mol. The van der Waals surface area contributed by atoms with Crippen LogP contribution in [0.5, 0.6) is 5.75 Å². The normalized spacial score (nSPS) is 10.3. The minimum Gasteiger partial charge on any atom is -0.496 e. The summed E-state index contributed by atoms with van der Waals surface area (Å²) >= 11 is 3.44. The van der Waals surface area contributed by atoms with Crippen molar-refractivity contribution in [3.05, 3.63) is 57.8 Å². The first-order valence-electron chi connectivity index (χ1n) is 5.92. The summed E-state index contributed by atoms with van der Waals surface area (Å²) in [7, 11) is 1.65. The molecule has 0 unspecified atom stereocenters. The zero-order valence-corrected chi connectivity index (χ0v) is 12.4. The van der Waals surface area contributed by atoms with Crippen LogP contribution in [0, 0.1) is 12.7 Å². The van der Waals surface area contributed by atoms with E-state index in [9.17, 15) is 4.39 Å². The average molecular weight is 324 g/mol. The first-order chi connectivity index (χ1) is 9.10. The van der Waals surface area contributed by atoms with Gasteiger partial charge < -0.3 is 10.1 Å². The van der Waals surface area contributed by atoms with Gasteiger partial charge in [-0.2, -0.15) is 0 Å². The number of methoxy groups -OCH3 is 1. The predicted octanol–water partition coefficient (Wildman–Crippen LogP) is 4.52. The Kier molecular flexibility index (Phi) is 4.43. The molecule has 0 spiro atoms. The lowest BCUT2D eigenvalue weighted by atomic mass is 10.1. The third-order valence-electron chi connectivity index (χ3n) is 2.90. The third kappa shape index (κ3) is 3.47. The van der Waals surface area contributed by atoms with Crippen LogP contribution in [0.15, 0.2) is 40.9 Å². The maximum absolute atomic E-state index is 13.0. The lowest BCUT2D eigenvalue weighted by molar-refractivity contribution is 0.410. The fourth-order valence-electron chi connectivity index (χ4n) is 1.90. The quantitative estimate of drug-likeness (QED) is 0.893. The summed E-state index contributed by atoms with van der Waals surface area (Å²) in [5.41, 5.74) is 2.85. The molecule has 4 heteroatoms. The van der Waals surface area contributed by atoms with Crippen LogP contribution in [0.1, 0.15) is 11.1 Å². The first kappa shape index (κ1) is 13.9. The van der Waals surface area contributed by atoms with E-state index in [1.54, 1.807) is 13.2 Å². The van der Waals surface area contributed by atoms with Gasteiger partial charge in [0.25, 0.3) is 0 Å². The molecule has 0 bridgehead atoms. The van der Waals surface area contributed by atoms with Gasteiger partial charge in [0.05, 0.1) is 7.11 Å². The molecule has 0 aliphatic heterocycles. The SMILES string of the molecule is COc1ccc(Br)cc1CNc1ccc(F)cc1C. The molecule has 2 aromatic carbocycles. The van der Waals surface area contributed by atoms with Gasteiger partial charge in [0.15, 0.2) is 0 Å². The van der Waals surface area contributed by atoms with E-state index in [4.69, 9.17) is 4.74 Å². The summed E-state index contributed by atoms with van der Waals surface area (Å²) in [6.07, 6.45) is 0. The number of anilines is 1. The molecule has 0 saturated heterocycles. The van der Waals surface area contributed by atoms with Crippen molar-refractivity contribution in [2.45, 2.75) is 13.5 Å². The lowest BCUT2D eigenvalue weighted by Crippen LogP contribution is -2.03. The van der Waals surface area contributed by atoms with Gasteiger partial charge in [-0.25, -0.2) is 4.39 Å². The molecule has 0 heterocycles. The van der Waals surface area contributed by atoms with Crippen molar-refractivity contribution in [1.29, 1.82) is 0 Å². The summed E-state index contributed by atoms with van der Waals surface area (Å²) < 4.78 is 19.3. The van der Waals surface area contributed by atoms with E-state index in [1.165, 1.54) is 12.1 Å². The van der Waals surface area contributed by atoms with Crippen molar-refractivity contribution in [3.63, 3.8) is 0 Å². The van der Waals surface area contributed by atoms with Crippen molar-refractivity contribution in [3.8, 4) is 5.75 Å². The van der Waals surface area contributed by atoms with Crippen LogP contribution >= 0.6 is 15.9 Å². The van der Waals surface area contributed by atoms with Gasteiger partial charge >= 0.3 is 0 Å². The Morgan fingerprint density at radius 1 is 1.21 bits per heavy atom. The van der Waals surface area contributed by atoms with Crippen molar-refractivity contribution >= 4 is 21.6 Å². The van der Waals surface area contributed by atoms with Crippen molar-refractivity contribution < 1.29 is 9.13 Å². The van der Waals surface area contributed by atoms with E-state index in [-0.39, 0.29) is 5.82 Å². The minimum atomic E-state index is -0.219. The van der Waals surface area contributed by atoms with Crippen LogP contribution < -0.4 is 10.1 Å². The number of rotatable bonds is 4. The van der Waals surface area contributed by atoms with Crippen molar-refractivity contribution in [1.82, 2.24) is 0 Å². The van der Waals surface area contributed by atoms with Crippen LogP contribution in [0.2, 0.25) is 0 Å². The van der Waals surface area contributed by atoms with E-state index < -0.39 is 0 Å². The van der Waals surface area contributed by atoms with E-state index in [1.807, 2.05) is 25.1 Å². The fraction of sp³-hybridized carbons (Fsp3) is 0.200. The highest BCUT2D eigenvalue weighted by Gasteiger charge is 2.05. The second-order valence-corrected chi connectivity index (χ2v) is 5.18. The summed E-state index contributed by atoms with van der Waals surface area (Å²) in [5, 5.41) is 3.29. The number of nitrogens with one attached hydrogen (secondary N) is 1. The molecule has 0 radical (unpaired) electrons. The first-order valence-corrected chi connectivity index (χ1v) is 6.72. The number of hydrogen-bond donors (Lipinski definition) is 1. The van der Waals surface area contributed by atoms with Crippen molar-refractivity contribution in [2.24, 2.45) is 0 Å². The Hall–Kier alpha value is -1.55. The topological polar surface area (TPSA) is 21.3 Å². The molecule has 19 heavy (non-hydrogen) atoms. The Labute approximate surface area is 120 Å². The monoisotopic (exact) mass is 323 g/mol. The van der Waals surface area contributed by atoms with Crippen LogP contribution in [0.25, 0.3) is 0 Å². The highest BCUT2D eigenvalue weighted by Crippen LogP contribution is 2.24. The molecule has 0 atom stereocenters. The Morgan fingerprint density at radius 3 is 2.68 bits per heavy atom.